The van der Waals surface area contributed by atoms with Crippen LogP contribution in [0, 0.1) is 18.8 Å². The molecule has 0 aromatic carbocycles. The molecule has 0 unspecified atom stereocenters. The van der Waals surface area contributed by atoms with Crippen molar-refractivity contribution in [2.75, 3.05) is 18.8 Å². The molecule has 2 N–H and O–H groups in total. The molecular formula is C17H19N5O4S. The molecule has 10 heteroatoms. The van der Waals surface area contributed by atoms with Crippen LogP contribution >= 0.6 is 0 Å². The number of urea groups is 1. The highest BCUT2D eigenvalue weighted by Crippen LogP contribution is 2.19. The minimum Gasteiger partial charge on any atom is -0.322 e. The standard InChI is InChI=1S/C17H19N5O4S/c1-12-18-9-14(10-19-12)4-3-13-5-7-22(8-6-13)27(25,26)11-17(2)15(23)20-16(24)21-17/h5,9-10H,6-8,11H2,1-2H3,(H2,20,21,23,24)/t17-/m1/s1. The van der Waals surface area contributed by atoms with Crippen molar-refractivity contribution in [3.63, 3.8) is 0 Å². The van der Waals surface area contributed by atoms with Gasteiger partial charge in [0.15, 0.2) is 0 Å². The predicted molar refractivity (Wildman–Crippen MR) is 96.8 cm³/mol. The molecule has 9 nitrogen and oxygen atoms in total. The summed E-state index contributed by atoms with van der Waals surface area (Å²) < 4.78 is 26.5. The average Bonchev–Trinajstić information content (AvgIpc) is 2.85. The maximum Gasteiger partial charge on any atom is 0.322 e. The molecule has 0 bridgehead atoms. The van der Waals surface area contributed by atoms with Crippen LogP contribution in [0.5, 0.6) is 0 Å². The summed E-state index contributed by atoms with van der Waals surface area (Å²) in [5, 5.41) is 4.43. The molecule has 0 saturated carbocycles. The Hall–Kier alpha value is -2.77. The van der Waals surface area contributed by atoms with Gasteiger partial charge in [0.1, 0.15) is 11.4 Å². The number of aromatic nitrogens is 2. The van der Waals surface area contributed by atoms with E-state index in [1.165, 1.54) is 11.2 Å². The Morgan fingerprint density at radius 3 is 2.52 bits per heavy atom. The fourth-order valence-electron chi connectivity index (χ4n) is 2.76. The third-order valence-electron chi connectivity index (χ3n) is 4.30. The highest BCUT2D eigenvalue weighted by molar-refractivity contribution is 7.89. The third kappa shape index (κ3) is 4.32. The number of hydrogen-bond acceptors (Lipinski definition) is 6. The van der Waals surface area contributed by atoms with Crippen LogP contribution in [0.3, 0.4) is 0 Å². The number of amides is 3. The summed E-state index contributed by atoms with van der Waals surface area (Å²) in [4.78, 5) is 31.3. The van der Waals surface area contributed by atoms with Crippen LogP contribution in [0.25, 0.3) is 0 Å². The van der Waals surface area contributed by atoms with Gasteiger partial charge in [-0.25, -0.2) is 23.2 Å². The highest BCUT2D eigenvalue weighted by Gasteiger charge is 2.46. The Labute approximate surface area is 157 Å². The van der Waals surface area contributed by atoms with Crippen LogP contribution in [0.1, 0.15) is 24.7 Å². The lowest BCUT2D eigenvalue weighted by Crippen LogP contribution is -2.52. The Bertz CT molecular complexity index is 975. The number of nitrogens with zero attached hydrogens (tertiary/aromatic N) is 3. The topological polar surface area (TPSA) is 121 Å². The SMILES string of the molecule is Cc1ncc(C#CC2=CCN(S(=O)(=O)C[C@@]3(C)NC(=O)NC3=O)CC2)cn1. The quantitative estimate of drug-likeness (QED) is 0.541. The van der Waals surface area contributed by atoms with Gasteiger partial charge in [0.25, 0.3) is 5.91 Å². The zero-order valence-electron chi connectivity index (χ0n) is 14.9. The first-order valence-corrected chi connectivity index (χ1v) is 9.90. The molecule has 1 aromatic rings. The molecule has 3 heterocycles. The van der Waals surface area contributed by atoms with Crippen molar-refractivity contribution in [1.29, 1.82) is 0 Å². The maximum absolute atomic E-state index is 12.6. The molecule has 142 valence electrons. The Morgan fingerprint density at radius 1 is 1.26 bits per heavy atom. The Kier molecular flexibility index (Phi) is 4.99. The summed E-state index contributed by atoms with van der Waals surface area (Å²) in [6.45, 7) is 3.61. The molecule has 1 atom stereocenters. The highest BCUT2D eigenvalue weighted by atomic mass is 32.2. The fourth-order valence-corrected chi connectivity index (χ4v) is 4.55. The molecule has 1 fully saturated rings. The second-order valence-electron chi connectivity index (χ2n) is 6.60. The number of rotatable bonds is 3. The van der Waals surface area contributed by atoms with Gasteiger partial charge in [-0.15, -0.1) is 0 Å². The van der Waals surface area contributed by atoms with Crippen molar-refractivity contribution < 1.29 is 18.0 Å². The summed E-state index contributed by atoms with van der Waals surface area (Å²) in [6, 6.07) is -0.686. The smallest absolute Gasteiger partial charge is 0.322 e. The molecule has 3 rings (SSSR count). The van der Waals surface area contributed by atoms with Gasteiger partial charge in [-0.1, -0.05) is 17.9 Å². The molecular weight excluding hydrogens is 370 g/mol. The maximum atomic E-state index is 12.6. The first-order valence-electron chi connectivity index (χ1n) is 8.29. The number of carbonyl (C=O) groups is 2. The van der Waals surface area contributed by atoms with Crippen molar-refractivity contribution in [3.8, 4) is 11.8 Å². The molecule has 0 aliphatic carbocycles. The van der Waals surface area contributed by atoms with Crippen LogP contribution in [0.15, 0.2) is 24.0 Å². The molecule has 2 aliphatic heterocycles. The molecule has 27 heavy (non-hydrogen) atoms. The third-order valence-corrected chi connectivity index (χ3v) is 6.36. The first-order chi connectivity index (χ1) is 12.7. The number of nitrogens with one attached hydrogen (secondary N) is 2. The lowest BCUT2D eigenvalue weighted by Gasteiger charge is -2.28. The van der Waals surface area contributed by atoms with Crippen LogP contribution < -0.4 is 10.6 Å². The summed E-state index contributed by atoms with van der Waals surface area (Å²) in [6.07, 6.45) is 5.49. The average molecular weight is 389 g/mol. The van der Waals surface area contributed by atoms with Crippen molar-refractivity contribution in [2.24, 2.45) is 0 Å². The zero-order chi connectivity index (χ0) is 19.7. The largest absolute Gasteiger partial charge is 0.322 e. The van der Waals surface area contributed by atoms with Crippen molar-refractivity contribution >= 4 is 22.0 Å². The van der Waals surface area contributed by atoms with E-state index in [1.54, 1.807) is 25.4 Å². The van der Waals surface area contributed by atoms with E-state index in [2.05, 4.69) is 32.4 Å². The van der Waals surface area contributed by atoms with Gasteiger partial charge in [0, 0.05) is 31.1 Å². The van der Waals surface area contributed by atoms with Gasteiger partial charge in [-0.05, 0) is 20.3 Å². The molecule has 1 aromatic heterocycles. The van der Waals surface area contributed by atoms with E-state index in [0.29, 0.717) is 17.8 Å². The van der Waals surface area contributed by atoms with Crippen LogP contribution in [-0.4, -0.2) is 59.0 Å². The van der Waals surface area contributed by atoms with Gasteiger partial charge >= 0.3 is 6.03 Å². The van der Waals surface area contributed by atoms with E-state index >= 15 is 0 Å². The summed E-state index contributed by atoms with van der Waals surface area (Å²) in [7, 11) is -3.73. The number of aryl methyl sites for hydroxylation is 1. The van der Waals surface area contributed by atoms with E-state index in [4.69, 9.17) is 0 Å². The second-order valence-corrected chi connectivity index (χ2v) is 8.57. The van der Waals surface area contributed by atoms with Crippen LogP contribution in [0.4, 0.5) is 4.79 Å². The van der Waals surface area contributed by atoms with Crippen molar-refractivity contribution in [2.45, 2.75) is 25.8 Å². The number of carbonyl (C=O) groups excluding carboxylic acids is 2. The predicted octanol–water partition coefficient (Wildman–Crippen LogP) is -0.303. The first kappa shape index (κ1) is 19.0. The van der Waals surface area contributed by atoms with Gasteiger partial charge in [-0.3, -0.25) is 10.1 Å². The Balaban J connectivity index is 1.66. The molecule has 0 spiro atoms. The minimum absolute atomic E-state index is 0.169. The fraction of sp³-hybridized carbons (Fsp3) is 0.412. The summed E-state index contributed by atoms with van der Waals surface area (Å²) >= 11 is 0. The zero-order valence-corrected chi connectivity index (χ0v) is 15.8. The molecule has 0 radical (unpaired) electrons. The van der Waals surface area contributed by atoms with E-state index < -0.39 is 33.3 Å². The summed E-state index contributed by atoms with van der Waals surface area (Å²) in [5.41, 5.74) is 0.0538. The van der Waals surface area contributed by atoms with E-state index in [9.17, 15) is 18.0 Å². The van der Waals surface area contributed by atoms with Crippen molar-refractivity contribution in [1.82, 2.24) is 24.9 Å². The Morgan fingerprint density at radius 2 is 1.96 bits per heavy atom. The van der Waals surface area contributed by atoms with E-state index in [1.807, 2.05) is 0 Å². The minimum atomic E-state index is -3.73. The van der Waals surface area contributed by atoms with Gasteiger partial charge in [0.05, 0.1) is 11.3 Å². The number of hydrogen-bond donors (Lipinski definition) is 2. The summed E-state index contributed by atoms with van der Waals surface area (Å²) in [5.74, 6) is 5.50. The van der Waals surface area contributed by atoms with Crippen LogP contribution in [-0.2, 0) is 14.8 Å². The van der Waals surface area contributed by atoms with Gasteiger partial charge < -0.3 is 5.32 Å². The van der Waals surface area contributed by atoms with Gasteiger partial charge in [0.2, 0.25) is 10.0 Å². The molecule has 3 amide bonds. The molecule has 2 aliphatic rings. The van der Waals surface area contributed by atoms with E-state index in [-0.39, 0.29) is 13.1 Å². The second kappa shape index (κ2) is 7.09. The van der Waals surface area contributed by atoms with Crippen molar-refractivity contribution in [3.05, 3.63) is 35.4 Å². The normalized spacial score (nSPS) is 23.1. The van der Waals surface area contributed by atoms with Gasteiger partial charge in [-0.2, -0.15) is 4.31 Å². The number of sulfonamides is 1. The lowest BCUT2D eigenvalue weighted by atomic mass is 10.1. The number of imide groups is 1. The lowest BCUT2D eigenvalue weighted by molar-refractivity contribution is -0.122. The molecule has 1 saturated heterocycles. The van der Waals surface area contributed by atoms with Crippen LogP contribution in [0.2, 0.25) is 0 Å². The monoisotopic (exact) mass is 389 g/mol. The van der Waals surface area contributed by atoms with E-state index in [0.717, 1.165) is 5.57 Å².